The number of aliphatic hydroxyl groups is 1. The monoisotopic (exact) mass is 349 g/mol. The minimum Gasteiger partial charge on any atom is -0.493 e. The van der Waals surface area contributed by atoms with E-state index in [1.807, 2.05) is 48.5 Å². The molecule has 0 saturated heterocycles. The number of benzene rings is 2. The Kier molecular flexibility index (Phi) is 6.59. The topological polar surface area (TPSA) is 66.4 Å². The van der Waals surface area contributed by atoms with Crippen LogP contribution < -0.4 is 15.4 Å². The molecule has 0 amide bonds. The molecule has 0 aliphatic rings. The van der Waals surface area contributed by atoms with Gasteiger partial charge in [0, 0.05) is 18.3 Å². The maximum absolute atomic E-state index is 9.92. The van der Waals surface area contributed by atoms with Crippen LogP contribution in [0.2, 0.25) is 0 Å². The Morgan fingerprint density at radius 3 is 2.58 bits per heavy atom. The van der Waals surface area contributed by atoms with Gasteiger partial charge in [-0.3, -0.25) is 10.3 Å². The van der Waals surface area contributed by atoms with E-state index in [4.69, 9.17) is 4.74 Å². The van der Waals surface area contributed by atoms with Gasteiger partial charge in [-0.15, -0.1) is 0 Å². The summed E-state index contributed by atoms with van der Waals surface area (Å²) in [4.78, 5) is 3.99. The number of aliphatic hydroxyl groups excluding tert-OH is 1. The van der Waals surface area contributed by atoms with E-state index >= 15 is 0 Å². The summed E-state index contributed by atoms with van der Waals surface area (Å²) in [6.07, 6.45) is 3.30. The summed E-state index contributed by atoms with van der Waals surface area (Å²) >= 11 is 0. The third-order valence-corrected chi connectivity index (χ3v) is 3.85. The molecule has 1 heterocycles. The zero-order valence-corrected chi connectivity index (χ0v) is 14.5. The van der Waals surface area contributed by atoms with Gasteiger partial charge in [0.05, 0.1) is 18.5 Å². The van der Waals surface area contributed by atoms with E-state index in [0.29, 0.717) is 13.2 Å². The summed E-state index contributed by atoms with van der Waals surface area (Å²) < 4.78 is 5.94. The fourth-order valence-corrected chi connectivity index (χ4v) is 2.60. The molecule has 0 spiro atoms. The fraction of sp³-hybridized carbons (Fsp3) is 0.190. The van der Waals surface area contributed by atoms with E-state index in [1.165, 1.54) is 0 Å². The Morgan fingerprint density at radius 1 is 0.962 bits per heavy atom. The lowest BCUT2D eigenvalue weighted by Gasteiger charge is -2.16. The first-order chi connectivity index (χ1) is 12.8. The third kappa shape index (κ3) is 5.31. The molecular formula is C21H23N3O2. The largest absolute Gasteiger partial charge is 0.493 e. The first kappa shape index (κ1) is 17.9. The van der Waals surface area contributed by atoms with E-state index in [9.17, 15) is 5.11 Å². The molecule has 26 heavy (non-hydrogen) atoms. The highest BCUT2D eigenvalue weighted by Gasteiger charge is 2.06. The fourth-order valence-electron chi connectivity index (χ4n) is 2.60. The van der Waals surface area contributed by atoms with Gasteiger partial charge in [-0.2, -0.15) is 0 Å². The second-order valence-corrected chi connectivity index (χ2v) is 5.81. The molecule has 1 atom stereocenters. The van der Waals surface area contributed by atoms with Crippen LogP contribution >= 0.6 is 0 Å². The maximum atomic E-state index is 9.92. The highest BCUT2D eigenvalue weighted by atomic mass is 16.5. The van der Waals surface area contributed by atoms with Crippen LogP contribution in [-0.2, 0) is 0 Å². The zero-order chi connectivity index (χ0) is 18.0. The van der Waals surface area contributed by atoms with Crippen LogP contribution in [0.25, 0.3) is 11.1 Å². The predicted octanol–water partition coefficient (Wildman–Crippen LogP) is 3.50. The average Bonchev–Trinajstić information content (AvgIpc) is 2.69. The molecule has 134 valence electrons. The van der Waals surface area contributed by atoms with Crippen molar-refractivity contribution in [1.82, 2.24) is 10.3 Å². The van der Waals surface area contributed by atoms with E-state index in [1.54, 1.807) is 12.4 Å². The second kappa shape index (κ2) is 9.56. The van der Waals surface area contributed by atoms with Crippen LogP contribution in [0.1, 0.15) is 6.42 Å². The summed E-state index contributed by atoms with van der Waals surface area (Å²) in [7, 11) is 0. The molecule has 0 bridgehead atoms. The van der Waals surface area contributed by atoms with E-state index in [0.717, 1.165) is 29.0 Å². The summed E-state index contributed by atoms with van der Waals surface area (Å²) in [6, 6.07) is 21.9. The van der Waals surface area contributed by atoms with Crippen LogP contribution in [0.5, 0.6) is 5.75 Å². The van der Waals surface area contributed by atoms with Gasteiger partial charge in [0.25, 0.3) is 0 Å². The first-order valence-corrected chi connectivity index (χ1v) is 8.68. The van der Waals surface area contributed by atoms with Crippen molar-refractivity contribution in [3.05, 3.63) is 79.1 Å². The van der Waals surface area contributed by atoms with Crippen molar-refractivity contribution in [2.24, 2.45) is 0 Å². The Balaban J connectivity index is 1.43. The molecule has 0 aliphatic carbocycles. The number of pyridine rings is 1. The van der Waals surface area contributed by atoms with Crippen LogP contribution in [0.4, 0.5) is 5.69 Å². The van der Waals surface area contributed by atoms with Gasteiger partial charge < -0.3 is 15.2 Å². The Labute approximate surface area is 153 Å². The molecule has 2 aromatic carbocycles. The molecular weight excluding hydrogens is 326 g/mol. The average molecular weight is 349 g/mol. The van der Waals surface area contributed by atoms with Crippen LogP contribution in [0.15, 0.2) is 79.1 Å². The number of aromatic nitrogens is 1. The van der Waals surface area contributed by atoms with Crippen molar-refractivity contribution in [3.63, 3.8) is 0 Å². The van der Waals surface area contributed by atoms with Crippen molar-refractivity contribution in [2.45, 2.75) is 12.8 Å². The normalized spacial score (nSPS) is 11.7. The zero-order valence-electron chi connectivity index (χ0n) is 14.5. The Morgan fingerprint density at radius 2 is 1.77 bits per heavy atom. The Hall–Kier alpha value is -2.89. The summed E-state index contributed by atoms with van der Waals surface area (Å²) in [5, 5.41) is 15.8. The molecule has 5 heteroatoms. The quantitative estimate of drug-likeness (QED) is 0.408. The number of ether oxygens (including phenoxy) is 1. The molecule has 1 aromatic heterocycles. The number of hydrogen-bond donors (Lipinski definition) is 3. The van der Waals surface area contributed by atoms with Crippen LogP contribution in [0, 0.1) is 0 Å². The number of rotatable bonds is 9. The maximum Gasteiger partial charge on any atom is 0.181 e. The molecule has 0 radical (unpaired) electrons. The molecule has 1 unspecified atom stereocenters. The molecule has 3 rings (SSSR count). The number of nitrogens with one attached hydrogen (secondary N) is 2. The highest BCUT2D eigenvalue weighted by Crippen LogP contribution is 2.29. The standard InChI is InChI=1S/C21H23N3O2/c25-21(24-18-10-6-13-22-16-18)23-14-7-15-26-20-12-5-4-11-19(20)17-8-2-1-3-9-17/h1-6,8-13,16,21,23-25H,7,14-15H2. The molecule has 0 fully saturated rings. The minimum atomic E-state index is -0.823. The van der Waals surface area contributed by atoms with Gasteiger partial charge in [0.15, 0.2) is 6.35 Å². The molecule has 3 N–H and O–H groups in total. The smallest absolute Gasteiger partial charge is 0.181 e. The van der Waals surface area contributed by atoms with E-state index in [2.05, 4.69) is 33.8 Å². The number of nitrogens with zero attached hydrogens (tertiary/aromatic N) is 1. The third-order valence-electron chi connectivity index (χ3n) is 3.85. The lowest BCUT2D eigenvalue weighted by atomic mass is 10.1. The van der Waals surface area contributed by atoms with Gasteiger partial charge in [0.2, 0.25) is 0 Å². The van der Waals surface area contributed by atoms with Gasteiger partial charge in [-0.05, 0) is 30.2 Å². The van der Waals surface area contributed by atoms with Crippen molar-refractivity contribution in [3.8, 4) is 16.9 Å². The van der Waals surface area contributed by atoms with Gasteiger partial charge in [-0.1, -0.05) is 48.5 Å². The van der Waals surface area contributed by atoms with E-state index < -0.39 is 6.35 Å². The summed E-state index contributed by atoms with van der Waals surface area (Å²) in [5.74, 6) is 0.868. The van der Waals surface area contributed by atoms with Crippen LogP contribution in [-0.4, -0.2) is 29.6 Å². The lowest BCUT2D eigenvalue weighted by molar-refractivity contribution is 0.162. The molecule has 0 aliphatic heterocycles. The van der Waals surface area contributed by atoms with Gasteiger partial charge in [-0.25, -0.2) is 0 Å². The highest BCUT2D eigenvalue weighted by molar-refractivity contribution is 5.70. The SMILES string of the molecule is OC(NCCCOc1ccccc1-c1ccccc1)Nc1cccnc1. The minimum absolute atomic E-state index is 0.566. The molecule has 5 nitrogen and oxygen atoms in total. The summed E-state index contributed by atoms with van der Waals surface area (Å²) in [6.45, 7) is 1.19. The second-order valence-electron chi connectivity index (χ2n) is 5.81. The lowest BCUT2D eigenvalue weighted by Crippen LogP contribution is -2.37. The van der Waals surface area contributed by atoms with Crippen molar-refractivity contribution >= 4 is 5.69 Å². The van der Waals surface area contributed by atoms with Crippen molar-refractivity contribution in [2.75, 3.05) is 18.5 Å². The van der Waals surface area contributed by atoms with Gasteiger partial charge >= 0.3 is 0 Å². The summed E-state index contributed by atoms with van der Waals surface area (Å²) in [5.41, 5.74) is 2.98. The number of para-hydroxylation sites is 1. The van der Waals surface area contributed by atoms with E-state index in [-0.39, 0.29) is 0 Å². The first-order valence-electron chi connectivity index (χ1n) is 8.68. The molecule has 0 saturated carbocycles. The van der Waals surface area contributed by atoms with Crippen molar-refractivity contribution < 1.29 is 9.84 Å². The predicted molar refractivity (Wildman–Crippen MR) is 104 cm³/mol. The number of anilines is 1. The number of hydrogen-bond acceptors (Lipinski definition) is 5. The molecule has 3 aromatic rings. The van der Waals surface area contributed by atoms with Gasteiger partial charge in [0.1, 0.15) is 5.75 Å². The van der Waals surface area contributed by atoms with Crippen LogP contribution in [0.3, 0.4) is 0 Å². The Bertz CT molecular complexity index is 782. The van der Waals surface area contributed by atoms with Crippen molar-refractivity contribution in [1.29, 1.82) is 0 Å².